The van der Waals surface area contributed by atoms with Gasteiger partial charge in [-0.3, -0.25) is 0 Å². The predicted molar refractivity (Wildman–Crippen MR) is 325 cm³/mol. The van der Waals surface area contributed by atoms with Crippen LogP contribution in [0.2, 0.25) is 0 Å². The van der Waals surface area contributed by atoms with Crippen molar-refractivity contribution in [1.29, 1.82) is 0 Å². The molecule has 390 valence electrons. The van der Waals surface area contributed by atoms with Crippen LogP contribution in [0.1, 0.15) is 230 Å². The molecule has 0 saturated heterocycles. The van der Waals surface area contributed by atoms with Crippen LogP contribution in [0.3, 0.4) is 0 Å². The number of hydrogen-bond acceptors (Lipinski definition) is 3. The molecule has 5 aromatic carbocycles. The molecular weight excluding hydrogens is 924 g/mol. The summed E-state index contributed by atoms with van der Waals surface area (Å²) < 4.78 is 2.99. The lowest BCUT2D eigenvalue weighted by Crippen LogP contribution is -2.61. The zero-order chi connectivity index (χ0) is 52.6. The Morgan fingerprint density at radius 3 is 1.67 bits per heavy atom. The largest absolute Gasteiger partial charge is 0.311 e. The van der Waals surface area contributed by atoms with Crippen molar-refractivity contribution in [2.75, 3.05) is 9.80 Å². The van der Waals surface area contributed by atoms with E-state index in [1.54, 1.807) is 38.9 Å². The maximum Gasteiger partial charge on any atom is 0.264 e. The van der Waals surface area contributed by atoms with Gasteiger partial charge in [0.1, 0.15) is 0 Å². The Hall–Kier alpha value is -4.28. The van der Waals surface area contributed by atoms with Crippen LogP contribution in [-0.2, 0) is 37.9 Å². The third-order valence-electron chi connectivity index (χ3n) is 22.7. The quantitative estimate of drug-likeness (QED) is 0.163. The van der Waals surface area contributed by atoms with E-state index in [0.717, 1.165) is 23.7 Å². The monoisotopic (exact) mass is 1010 g/mol. The second-order valence-electron chi connectivity index (χ2n) is 31.5. The van der Waals surface area contributed by atoms with E-state index in [0.29, 0.717) is 5.92 Å². The summed E-state index contributed by atoms with van der Waals surface area (Å²) in [5.74, 6) is 4.02. The van der Waals surface area contributed by atoms with Gasteiger partial charge < -0.3 is 9.80 Å². The maximum absolute atomic E-state index is 2.89. The van der Waals surface area contributed by atoms with Gasteiger partial charge in [0.15, 0.2) is 0 Å². The molecule has 3 fully saturated rings. The van der Waals surface area contributed by atoms with Crippen LogP contribution >= 0.6 is 11.3 Å². The van der Waals surface area contributed by atoms with Gasteiger partial charge in [0, 0.05) is 43.3 Å². The van der Waals surface area contributed by atoms with E-state index in [-0.39, 0.29) is 44.6 Å². The van der Waals surface area contributed by atoms with Crippen LogP contribution in [0.15, 0.2) is 72.8 Å². The van der Waals surface area contributed by atoms with Crippen LogP contribution < -0.4 is 25.5 Å². The molecule has 2 nitrogen and oxygen atoms in total. The average Bonchev–Trinajstić information content (AvgIpc) is 3.88. The van der Waals surface area contributed by atoms with Crippen LogP contribution in [-0.4, -0.2) is 6.71 Å². The van der Waals surface area contributed by atoms with Crippen molar-refractivity contribution in [3.63, 3.8) is 0 Å². The van der Waals surface area contributed by atoms with E-state index in [1.807, 2.05) is 0 Å². The standard InChI is InChI=1S/C71H87BN2S/c1-40-27-45(65(2,3)4)17-20-57(40)74-58-38-54-53(69(11,12)24-25-70(54,13)14)37-56(58)72-62-59(33-44(34-60(62)74)48-32-42-28-41-29-43(30-42)47(48)31-41)73(46-18-19-50-51(35-46)67(7,8)22-21-66(50,5)6)63-49-36-52-55(39-61(49)75-64(63)72)71(15,16)26-23-68(52,9)10/h17-20,27,33-39,41-43,47-48H,21-26,28-32H2,1-16H3. The lowest BCUT2D eigenvalue weighted by molar-refractivity contribution is 0.154. The Kier molecular flexibility index (Phi) is 10.1. The van der Waals surface area contributed by atoms with Gasteiger partial charge in [0.2, 0.25) is 0 Å². The molecule has 8 aliphatic rings. The molecule has 3 saturated carbocycles. The van der Waals surface area contributed by atoms with Crippen molar-refractivity contribution in [1.82, 2.24) is 0 Å². The number of aryl methyl sites for hydroxylation is 1. The first-order valence-electron chi connectivity index (χ1n) is 30.0. The molecule has 0 radical (unpaired) electrons. The van der Waals surface area contributed by atoms with Gasteiger partial charge in [-0.1, -0.05) is 128 Å². The molecule has 0 spiro atoms. The minimum absolute atomic E-state index is 0.0573. The molecule has 6 aromatic rings. The minimum Gasteiger partial charge on any atom is -0.311 e. The first kappa shape index (κ1) is 49.1. The van der Waals surface area contributed by atoms with Gasteiger partial charge in [-0.25, -0.2) is 0 Å². The fourth-order valence-electron chi connectivity index (χ4n) is 17.8. The summed E-state index contributed by atoms with van der Waals surface area (Å²) in [7, 11) is 0. The molecule has 3 bridgehead atoms. The zero-order valence-electron chi connectivity index (χ0n) is 49.0. The highest BCUT2D eigenvalue weighted by Gasteiger charge is 2.53. The number of fused-ring (bicyclic) bond motifs is 11. The van der Waals surface area contributed by atoms with Gasteiger partial charge in [0.05, 0.1) is 5.69 Å². The lowest BCUT2D eigenvalue weighted by atomic mass is 9.35. The fourth-order valence-corrected chi connectivity index (χ4v) is 19.1. The molecule has 5 unspecified atom stereocenters. The van der Waals surface area contributed by atoms with Crippen molar-refractivity contribution >= 4 is 78.0 Å². The Morgan fingerprint density at radius 2 is 1.05 bits per heavy atom. The molecule has 0 N–H and O–H groups in total. The minimum atomic E-state index is 0.0573. The highest BCUT2D eigenvalue weighted by Crippen LogP contribution is 2.62. The van der Waals surface area contributed by atoms with Gasteiger partial charge in [0.25, 0.3) is 6.71 Å². The van der Waals surface area contributed by atoms with Gasteiger partial charge in [-0.2, -0.15) is 0 Å². The topological polar surface area (TPSA) is 6.48 Å². The summed E-state index contributed by atoms with van der Waals surface area (Å²) in [4.78, 5) is 5.72. The lowest BCUT2D eigenvalue weighted by Gasteiger charge is -2.48. The molecule has 14 rings (SSSR count). The Morgan fingerprint density at radius 1 is 0.507 bits per heavy atom. The maximum atomic E-state index is 2.89. The Bertz CT molecular complexity index is 3440. The van der Waals surface area contributed by atoms with E-state index in [4.69, 9.17) is 0 Å². The molecular formula is C71H87BN2S. The average molecular weight is 1010 g/mol. The molecule has 5 atom stereocenters. The molecule has 0 amide bonds. The first-order valence-corrected chi connectivity index (χ1v) is 30.8. The van der Waals surface area contributed by atoms with Gasteiger partial charge >= 0.3 is 0 Å². The van der Waals surface area contributed by atoms with Crippen LogP contribution in [0.25, 0.3) is 10.1 Å². The smallest absolute Gasteiger partial charge is 0.264 e. The van der Waals surface area contributed by atoms with E-state index < -0.39 is 0 Å². The van der Waals surface area contributed by atoms with Crippen molar-refractivity contribution in [2.45, 2.75) is 225 Å². The van der Waals surface area contributed by atoms with E-state index in [1.165, 1.54) is 142 Å². The molecule has 6 aliphatic carbocycles. The number of benzene rings is 5. The molecule has 4 heteroatoms. The van der Waals surface area contributed by atoms with Crippen molar-refractivity contribution < 1.29 is 0 Å². The second-order valence-corrected chi connectivity index (χ2v) is 32.6. The summed E-state index contributed by atoms with van der Waals surface area (Å²) in [6.45, 7) is 39.9. The number of anilines is 6. The normalized spacial score (nSPS) is 27.3. The molecule has 75 heavy (non-hydrogen) atoms. The van der Waals surface area contributed by atoms with E-state index in [9.17, 15) is 0 Å². The van der Waals surface area contributed by atoms with Crippen molar-refractivity contribution in [3.05, 3.63) is 123 Å². The number of hydrogen-bond donors (Lipinski definition) is 0. The highest BCUT2D eigenvalue weighted by molar-refractivity contribution is 7.33. The third kappa shape index (κ3) is 7.07. The zero-order valence-corrected chi connectivity index (χ0v) is 49.8. The van der Waals surface area contributed by atoms with E-state index in [2.05, 4.69) is 205 Å². The highest BCUT2D eigenvalue weighted by atomic mass is 32.1. The summed E-state index contributed by atoms with van der Waals surface area (Å²) in [6.07, 6.45) is 14.4. The number of thiophene rings is 1. The van der Waals surface area contributed by atoms with Crippen LogP contribution in [0, 0.1) is 30.6 Å². The molecule has 3 heterocycles. The second kappa shape index (κ2) is 15.5. The first-order chi connectivity index (χ1) is 35.1. The Balaban J connectivity index is 1.13. The fraction of sp³-hybridized carbons (Fsp3) is 0.549. The molecule has 2 aliphatic heterocycles. The summed E-state index contributed by atoms with van der Waals surface area (Å²) in [5, 5.41) is 1.46. The van der Waals surface area contributed by atoms with Crippen LogP contribution in [0.4, 0.5) is 34.1 Å². The summed E-state index contributed by atoms with van der Waals surface area (Å²) >= 11 is 2.14. The SMILES string of the molecule is Cc1cc(C(C)(C)C)ccc1N1c2cc3c(cc2B2c4sc5cc6c(cc5c4N(c4ccc5c(c4)C(C)(C)CCC5(C)C)c4cc(C5CC7CC8CC(C7)C5C8)cc1c42)C(C)(C)CCC6(C)C)C(C)(C)CCC3(C)C. The number of rotatable bonds is 3. The van der Waals surface area contributed by atoms with Crippen molar-refractivity contribution in [3.8, 4) is 0 Å². The van der Waals surface area contributed by atoms with Gasteiger partial charge in [-0.05, 0) is 255 Å². The third-order valence-corrected chi connectivity index (χ3v) is 23.9. The van der Waals surface area contributed by atoms with Gasteiger partial charge in [-0.15, -0.1) is 11.3 Å². The molecule has 1 aromatic heterocycles. The summed E-state index contributed by atoms with van der Waals surface area (Å²) in [6, 6.07) is 31.9. The van der Waals surface area contributed by atoms with Crippen molar-refractivity contribution in [2.24, 2.45) is 23.7 Å². The predicted octanol–water partition coefficient (Wildman–Crippen LogP) is 18.2. The Labute approximate surface area is 457 Å². The van der Waals surface area contributed by atoms with E-state index >= 15 is 0 Å². The number of nitrogens with zero attached hydrogens (tertiary/aromatic N) is 2. The summed E-state index contributed by atoms with van der Waals surface area (Å²) in [5.41, 5.74) is 25.8. The van der Waals surface area contributed by atoms with Crippen LogP contribution in [0.5, 0.6) is 0 Å².